The van der Waals surface area contributed by atoms with Gasteiger partial charge >= 0.3 is 0 Å². The molecule has 0 bridgehead atoms. The molecule has 1 aliphatic rings. The summed E-state index contributed by atoms with van der Waals surface area (Å²) in [5.74, 6) is 0. The summed E-state index contributed by atoms with van der Waals surface area (Å²) in [7, 11) is -3.40. The van der Waals surface area contributed by atoms with Gasteiger partial charge in [0.15, 0.2) is 0 Å². The average molecular weight is 281 g/mol. The summed E-state index contributed by atoms with van der Waals surface area (Å²) < 4.78 is 26.4. The Morgan fingerprint density at radius 2 is 1.95 bits per heavy atom. The van der Waals surface area contributed by atoms with Gasteiger partial charge in [0.05, 0.1) is 4.90 Å². The zero-order valence-corrected chi connectivity index (χ0v) is 11.9. The monoisotopic (exact) mass is 281 g/mol. The molecule has 2 rings (SSSR count). The molecule has 1 aromatic carbocycles. The zero-order chi connectivity index (χ0) is 13.9. The fourth-order valence-corrected chi connectivity index (χ4v) is 3.69. The lowest BCUT2D eigenvalue weighted by Gasteiger charge is -2.25. The van der Waals surface area contributed by atoms with E-state index in [9.17, 15) is 8.42 Å². The average Bonchev–Trinajstić information content (AvgIpc) is 2.40. The lowest BCUT2D eigenvalue weighted by Crippen LogP contribution is -2.35. The molecule has 0 atom stereocenters. The third-order valence-electron chi connectivity index (χ3n) is 3.26. The first kappa shape index (κ1) is 14.2. The Kier molecular flexibility index (Phi) is 4.39. The number of aliphatic hydroxyl groups excluding tert-OH is 1. The smallest absolute Gasteiger partial charge is 0.243 e. The number of sulfonamides is 1. The van der Waals surface area contributed by atoms with E-state index in [1.807, 2.05) is 6.92 Å². The minimum Gasteiger partial charge on any atom is -0.396 e. The summed E-state index contributed by atoms with van der Waals surface area (Å²) >= 11 is 0. The van der Waals surface area contributed by atoms with E-state index >= 15 is 0 Å². The summed E-state index contributed by atoms with van der Waals surface area (Å²) in [5.41, 5.74) is 2.03. The zero-order valence-electron chi connectivity index (χ0n) is 11.0. The van der Waals surface area contributed by atoms with Gasteiger partial charge in [-0.1, -0.05) is 23.8 Å². The van der Waals surface area contributed by atoms with Crippen LogP contribution < -0.4 is 0 Å². The van der Waals surface area contributed by atoms with Gasteiger partial charge in [-0.05, 0) is 37.5 Å². The van der Waals surface area contributed by atoms with Crippen molar-refractivity contribution in [1.29, 1.82) is 0 Å². The quantitative estimate of drug-likeness (QED) is 0.852. The molecule has 0 aliphatic carbocycles. The van der Waals surface area contributed by atoms with Crippen LogP contribution in [0.3, 0.4) is 0 Å². The maximum absolute atomic E-state index is 12.5. The standard InChI is InChI=1S/C14H19NO3S/c1-12-3-2-9-15(11-12)19(17,18)14-6-4-13(5-7-14)8-10-16/h3-7,16H,2,8-11H2,1H3. The molecule has 0 saturated carbocycles. The third kappa shape index (κ3) is 3.23. The first-order valence-electron chi connectivity index (χ1n) is 6.39. The van der Waals surface area contributed by atoms with E-state index in [0.717, 1.165) is 17.6 Å². The number of nitrogens with zero attached hydrogens (tertiary/aromatic N) is 1. The van der Waals surface area contributed by atoms with Crippen LogP contribution in [-0.4, -0.2) is 37.5 Å². The van der Waals surface area contributed by atoms with Crippen LogP contribution in [0, 0.1) is 0 Å². The largest absolute Gasteiger partial charge is 0.396 e. The van der Waals surface area contributed by atoms with Crippen molar-refractivity contribution in [3.8, 4) is 0 Å². The van der Waals surface area contributed by atoms with Gasteiger partial charge in [-0.25, -0.2) is 8.42 Å². The highest BCUT2D eigenvalue weighted by molar-refractivity contribution is 7.89. The highest BCUT2D eigenvalue weighted by Crippen LogP contribution is 2.20. The molecular formula is C14H19NO3S. The maximum Gasteiger partial charge on any atom is 0.243 e. The van der Waals surface area contributed by atoms with Gasteiger partial charge in [0, 0.05) is 19.7 Å². The van der Waals surface area contributed by atoms with Crippen molar-refractivity contribution >= 4 is 10.0 Å². The first-order valence-corrected chi connectivity index (χ1v) is 7.83. The molecule has 0 saturated heterocycles. The van der Waals surface area contributed by atoms with Crippen LogP contribution in [0.1, 0.15) is 18.9 Å². The second kappa shape index (κ2) is 5.86. The normalized spacial score (nSPS) is 17.3. The van der Waals surface area contributed by atoms with Gasteiger partial charge in [0.1, 0.15) is 0 Å². The van der Waals surface area contributed by atoms with Crippen LogP contribution >= 0.6 is 0 Å². The summed E-state index contributed by atoms with van der Waals surface area (Å²) in [5, 5.41) is 8.85. The van der Waals surface area contributed by atoms with Crippen molar-refractivity contribution in [1.82, 2.24) is 4.31 Å². The predicted molar refractivity (Wildman–Crippen MR) is 74.4 cm³/mol. The van der Waals surface area contributed by atoms with Gasteiger partial charge in [-0.15, -0.1) is 0 Å². The van der Waals surface area contributed by atoms with Crippen molar-refractivity contribution in [3.05, 3.63) is 41.5 Å². The van der Waals surface area contributed by atoms with Crippen LogP contribution in [0.15, 0.2) is 40.8 Å². The molecule has 0 amide bonds. The Morgan fingerprint density at radius 3 is 2.53 bits per heavy atom. The topological polar surface area (TPSA) is 57.6 Å². The molecule has 1 aromatic rings. The van der Waals surface area contributed by atoms with Gasteiger partial charge < -0.3 is 5.11 Å². The van der Waals surface area contributed by atoms with E-state index in [-0.39, 0.29) is 6.61 Å². The molecule has 5 heteroatoms. The molecule has 19 heavy (non-hydrogen) atoms. The molecule has 0 unspecified atom stereocenters. The Morgan fingerprint density at radius 1 is 1.26 bits per heavy atom. The molecule has 1 heterocycles. The van der Waals surface area contributed by atoms with Gasteiger partial charge in [0.2, 0.25) is 10.0 Å². The summed E-state index contributed by atoms with van der Waals surface area (Å²) in [4.78, 5) is 0.323. The van der Waals surface area contributed by atoms with Crippen LogP contribution in [0.25, 0.3) is 0 Å². The number of rotatable bonds is 4. The second-order valence-corrected chi connectivity index (χ2v) is 6.73. The molecule has 4 nitrogen and oxygen atoms in total. The van der Waals surface area contributed by atoms with E-state index in [1.54, 1.807) is 24.3 Å². The second-order valence-electron chi connectivity index (χ2n) is 4.80. The Labute approximate surface area is 114 Å². The SMILES string of the molecule is CC1=CCCN(S(=O)(=O)c2ccc(CCO)cc2)C1. The summed E-state index contributed by atoms with van der Waals surface area (Å²) in [6.07, 6.45) is 3.40. The van der Waals surface area contributed by atoms with Crippen LogP contribution in [0.5, 0.6) is 0 Å². The number of hydrogen-bond donors (Lipinski definition) is 1. The van der Waals surface area contributed by atoms with Gasteiger partial charge in [-0.3, -0.25) is 0 Å². The lowest BCUT2D eigenvalue weighted by molar-refractivity contribution is 0.299. The first-order chi connectivity index (χ1) is 9.04. The fraction of sp³-hybridized carbons (Fsp3) is 0.429. The lowest BCUT2D eigenvalue weighted by atomic mass is 10.2. The molecule has 104 valence electrons. The van der Waals surface area contributed by atoms with Crippen molar-refractivity contribution in [2.45, 2.75) is 24.7 Å². The van der Waals surface area contributed by atoms with E-state index in [2.05, 4.69) is 6.08 Å². The highest BCUT2D eigenvalue weighted by atomic mass is 32.2. The minimum atomic E-state index is -3.40. The number of hydrogen-bond acceptors (Lipinski definition) is 3. The molecule has 0 aromatic heterocycles. The Bertz CT molecular complexity index is 561. The van der Waals surface area contributed by atoms with Crippen LogP contribution in [0.2, 0.25) is 0 Å². The van der Waals surface area contributed by atoms with Gasteiger partial charge in [0.25, 0.3) is 0 Å². The van der Waals surface area contributed by atoms with Crippen molar-refractivity contribution in [2.24, 2.45) is 0 Å². The molecule has 0 fully saturated rings. The predicted octanol–water partition coefficient (Wildman–Crippen LogP) is 1.56. The number of aliphatic hydroxyl groups is 1. The van der Waals surface area contributed by atoms with E-state index < -0.39 is 10.0 Å². The van der Waals surface area contributed by atoms with Crippen LogP contribution in [0.4, 0.5) is 0 Å². The van der Waals surface area contributed by atoms with Crippen LogP contribution in [-0.2, 0) is 16.4 Å². The molecular weight excluding hydrogens is 262 g/mol. The van der Waals surface area contributed by atoms with E-state index in [0.29, 0.717) is 24.4 Å². The summed E-state index contributed by atoms with van der Waals surface area (Å²) in [6, 6.07) is 6.76. The molecule has 1 aliphatic heterocycles. The van der Waals surface area contributed by atoms with Crippen molar-refractivity contribution < 1.29 is 13.5 Å². The number of benzene rings is 1. The Balaban J connectivity index is 2.22. The molecule has 0 radical (unpaired) electrons. The van der Waals surface area contributed by atoms with Crippen molar-refractivity contribution in [2.75, 3.05) is 19.7 Å². The molecule has 1 N–H and O–H groups in total. The van der Waals surface area contributed by atoms with E-state index in [4.69, 9.17) is 5.11 Å². The van der Waals surface area contributed by atoms with E-state index in [1.165, 1.54) is 4.31 Å². The summed E-state index contributed by atoms with van der Waals surface area (Å²) in [6.45, 7) is 3.03. The van der Waals surface area contributed by atoms with Gasteiger partial charge in [-0.2, -0.15) is 4.31 Å². The highest BCUT2D eigenvalue weighted by Gasteiger charge is 2.25. The fourth-order valence-electron chi connectivity index (χ4n) is 2.19. The minimum absolute atomic E-state index is 0.0716. The molecule has 0 spiro atoms. The third-order valence-corrected chi connectivity index (χ3v) is 5.12. The van der Waals surface area contributed by atoms with Crippen molar-refractivity contribution in [3.63, 3.8) is 0 Å². The maximum atomic E-state index is 12.5. The Hall–Kier alpha value is -1.17.